The fourth-order valence-corrected chi connectivity index (χ4v) is 4.02. The molecule has 0 aliphatic carbocycles. The Hall–Kier alpha value is -4.72. The maximum absolute atomic E-state index is 13.2. The van der Waals surface area contributed by atoms with Gasteiger partial charge in [-0.2, -0.15) is 0 Å². The van der Waals surface area contributed by atoms with E-state index in [1.165, 1.54) is 18.2 Å². The molecule has 42 heavy (non-hydrogen) atoms. The van der Waals surface area contributed by atoms with Crippen LogP contribution in [0.2, 0.25) is 0 Å². The molecule has 222 valence electrons. The standard InChI is InChI=1S/C34H38O8/c1-20(2)9-7-11-22(5)17-29(37)26-19-24(13-15-27(26)35)34(41)42-32-25(33(39)40)14-16-28(36)31(32)30(38)18-23(6)12-8-10-21(3)4/h9-10,13-19,35-36H,7-8,11-12H2,1-6H3,(H,39,40)/b22-17+,23-18+. The zero-order chi connectivity index (χ0) is 31.6. The summed E-state index contributed by atoms with van der Waals surface area (Å²) in [5, 5.41) is 30.5. The Morgan fingerprint density at radius 1 is 0.714 bits per heavy atom. The van der Waals surface area contributed by atoms with E-state index < -0.39 is 46.1 Å². The highest BCUT2D eigenvalue weighted by molar-refractivity contribution is 6.12. The van der Waals surface area contributed by atoms with Crippen LogP contribution in [0, 0.1) is 0 Å². The third-order valence-electron chi connectivity index (χ3n) is 6.24. The zero-order valence-electron chi connectivity index (χ0n) is 24.9. The number of carboxylic acid groups (broad SMARTS) is 1. The monoisotopic (exact) mass is 574 g/mol. The van der Waals surface area contributed by atoms with E-state index in [9.17, 15) is 34.5 Å². The van der Waals surface area contributed by atoms with E-state index in [1.807, 2.05) is 39.8 Å². The molecule has 0 aliphatic rings. The van der Waals surface area contributed by atoms with Gasteiger partial charge in [0, 0.05) is 0 Å². The molecule has 0 atom stereocenters. The summed E-state index contributed by atoms with van der Waals surface area (Å²) in [4.78, 5) is 51.2. The van der Waals surface area contributed by atoms with Crippen LogP contribution >= 0.6 is 0 Å². The van der Waals surface area contributed by atoms with Gasteiger partial charge < -0.3 is 20.1 Å². The summed E-state index contributed by atoms with van der Waals surface area (Å²) in [6, 6.07) is 5.57. The van der Waals surface area contributed by atoms with Crippen LogP contribution in [0.5, 0.6) is 17.2 Å². The Morgan fingerprint density at radius 2 is 1.24 bits per heavy atom. The number of rotatable bonds is 13. The highest BCUT2D eigenvalue weighted by atomic mass is 16.5. The largest absolute Gasteiger partial charge is 0.507 e. The number of carboxylic acids is 1. The highest BCUT2D eigenvalue weighted by Gasteiger charge is 2.26. The first-order valence-corrected chi connectivity index (χ1v) is 13.5. The average molecular weight is 575 g/mol. The van der Waals surface area contributed by atoms with Gasteiger partial charge in [0.25, 0.3) is 0 Å². The van der Waals surface area contributed by atoms with Crippen LogP contribution in [-0.2, 0) is 0 Å². The van der Waals surface area contributed by atoms with Gasteiger partial charge in [-0.1, -0.05) is 34.4 Å². The van der Waals surface area contributed by atoms with Crippen LogP contribution in [-0.4, -0.2) is 38.8 Å². The van der Waals surface area contributed by atoms with Crippen LogP contribution in [0.15, 0.2) is 76.9 Å². The molecule has 0 amide bonds. The minimum atomic E-state index is -1.48. The number of benzene rings is 2. The molecule has 0 fully saturated rings. The van der Waals surface area contributed by atoms with Gasteiger partial charge in [-0.15, -0.1) is 0 Å². The normalized spacial score (nSPS) is 11.5. The molecule has 0 bridgehead atoms. The van der Waals surface area contributed by atoms with Crippen molar-refractivity contribution in [2.75, 3.05) is 0 Å². The topological polar surface area (TPSA) is 138 Å². The van der Waals surface area contributed by atoms with Crippen molar-refractivity contribution in [1.29, 1.82) is 0 Å². The Morgan fingerprint density at radius 3 is 1.76 bits per heavy atom. The van der Waals surface area contributed by atoms with Crippen molar-refractivity contribution in [2.24, 2.45) is 0 Å². The summed E-state index contributed by atoms with van der Waals surface area (Å²) in [5.41, 5.74) is 2.44. The number of allylic oxidation sites excluding steroid dienone is 8. The van der Waals surface area contributed by atoms with Crippen LogP contribution < -0.4 is 4.74 Å². The lowest BCUT2D eigenvalue weighted by molar-refractivity contribution is 0.0680. The second-order valence-corrected chi connectivity index (χ2v) is 10.6. The number of aromatic hydroxyl groups is 2. The molecule has 0 aromatic heterocycles. The number of phenols is 2. The molecule has 8 nitrogen and oxygen atoms in total. The zero-order valence-corrected chi connectivity index (χ0v) is 24.9. The lowest BCUT2D eigenvalue weighted by Crippen LogP contribution is -2.15. The molecule has 0 spiro atoms. The second kappa shape index (κ2) is 15.3. The molecule has 0 heterocycles. The van der Waals surface area contributed by atoms with E-state index in [4.69, 9.17) is 4.74 Å². The first-order chi connectivity index (χ1) is 19.7. The summed E-state index contributed by atoms with van der Waals surface area (Å²) in [6.07, 6.45) is 9.32. The Kier molecular flexibility index (Phi) is 12.2. The van der Waals surface area contributed by atoms with E-state index in [0.717, 1.165) is 47.4 Å². The minimum Gasteiger partial charge on any atom is -0.507 e. The molecule has 0 aliphatic heterocycles. The maximum atomic E-state index is 13.2. The van der Waals surface area contributed by atoms with Crippen LogP contribution in [0.4, 0.5) is 0 Å². The van der Waals surface area contributed by atoms with Crippen molar-refractivity contribution in [3.05, 3.63) is 99.2 Å². The number of aromatic carboxylic acids is 1. The van der Waals surface area contributed by atoms with E-state index in [-0.39, 0.29) is 16.9 Å². The molecule has 0 saturated heterocycles. The minimum absolute atomic E-state index is 0.147. The van der Waals surface area contributed by atoms with E-state index in [0.29, 0.717) is 24.8 Å². The van der Waals surface area contributed by atoms with Crippen molar-refractivity contribution in [3.8, 4) is 17.2 Å². The molecule has 2 rings (SSSR count). The first-order valence-electron chi connectivity index (χ1n) is 13.5. The number of carbonyl (C=O) groups excluding carboxylic acids is 3. The lowest BCUT2D eigenvalue weighted by Gasteiger charge is -2.14. The maximum Gasteiger partial charge on any atom is 0.343 e. The van der Waals surface area contributed by atoms with Gasteiger partial charge in [-0.3, -0.25) is 9.59 Å². The first kappa shape index (κ1) is 33.5. The summed E-state index contributed by atoms with van der Waals surface area (Å²) in [6.45, 7) is 11.4. The van der Waals surface area contributed by atoms with E-state index >= 15 is 0 Å². The summed E-state index contributed by atoms with van der Waals surface area (Å²) in [5.74, 6) is -5.35. The van der Waals surface area contributed by atoms with Crippen molar-refractivity contribution < 1.29 is 39.2 Å². The fourth-order valence-electron chi connectivity index (χ4n) is 4.02. The van der Waals surface area contributed by atoms with Crippen molar-refractivity contribution in [2.45, 2.75) is 67.2 Å². The lowest BCUT2D eigenvalue weighted by atomic mass is 10.0. The molecule has 3 N–H and O–H groups in total. The Labute approximate surface area is 246 Å². The number of hydrogen-bond donors (Lipinski definition) is 3. The SMILES string of the molecule is CC(C)=CCC/C(C)=C/C(=O)c1cc(C(=O)Oc2c(C(=O)O)ccc(O)c2C(=O)/C=C(\C)CCC=C(C)C)ccc1O. The third kappa shape index (κ3) is 9.73. The Bertz CT molecular complexity index is 1490. The van der Waals surface area contributed by atoms with Crippen LogP contribution in [0.1, 0.15) is 109 Å². The van der Waals surface area contributed by atoms with Crippen LogP contribution in [0.3, 0.4) is 0 Å². The molecule has 0 radical (unpaired) electrons. The molecule has 0 unspecified atom stereocenters. The van der Waals surface area contributed by atoms with Gasteiger partial charge in [0.1, 0.15) is 22.6 Å². The van der Waals surface area contributed by atoms with Crippen molar-refractivity contribution >= 4 is 23.5 Å². The number of phenolic OH excluding ortho intramolecular Hbond substituents is 2. The van der Waals surface area contributed by atoms with Gasteiger partial charge in [0.15, 0.2) is 17.3 Å². The third-order valence-corrected chi connectivity index (χ3v) is 6.24. The fraction of sp³-hybridized carbons (Fsp3) is 0.294. The molecule has 8 heteroatoms. The van der Waals surface area contributed by atoms with E-state index in [1.54, 1.807) is 13.8 Å². The molecule has 0 saturated carbocycles. The molecule has 2 aromatic rings. The van der Waals surface area contributed by atoms with Crippen molar-refractivity contribution in [3.63, 3.8) is 0 Å². The molecular weight excluding hydrogens is 536 g/mol. The number of carbonyl (C=O) groups is 4. The molecule has 2 aromatic carbocycles. The van der Waals surface area contributed by atoms with Gasteiger partial charge in [0.05, 0.1) is 11.1 Å². The van der Waals surface area contributed by atoms with Gasteiger partial charge in [-0.25, -0.2) is 9.59 Å². The number of ether oxygens (including phenoxy) is 1. The number of esters is 1. The Balaban J connectivity index is 2.44. The summed E-state index contributed by atoms with van der Waals surface area (Å²) < 4.78 is 5.40. The van der Waals surface area contributed by atoms with Crippen LogP contribution in [0.25, 0.3) is 0 Å². The number of ketones is 2. The smallest absolute Gasteiger partial charge is 0.343 e. The number of hydrogen-bond acceptors (Lipinski definition) is 7. The predicted octanol–water partition coefficient (Wildman–Crippen LogP) is 7.77. The quantitative estimate of drug-likeness (QED) is 0.0725. The highest BCUT2D eigenvalue weighted by Crippen LogP contribution is 2.34. The average Bonchev–Trinajstić information content (AvgIpc) is 2.88. The summed E-state index contributed by atoms with van der Waals surface area (Å²) >= 11 is 0. The summed E-state index contributed by atoms with van der Waals surface area (Å²) in [7, 11) is 0. The van der Waals surface area contributed by atoms with Gasteiger partial charge in [0.2, 0.25) is 0 Å². The molecular formula is C34H38O8. The van der Waals surface area contributed by atoms with Gasteiger partial charge >= 0.3 is 11.9 Å². The predicted molar refractivity (Wildman–Crippen MR) is 162 cm³/mol. The second-order valence-electron chi connectivity index (χ2n) is 10.6. The van der Waals surface area contributed by atoms with Crippen molar-refractivity contribution in [1.82, 2.24) is 0 Å². The van der Waals surface area contributed by atoms with Gasteiger partial charge in [-0.05, 0) is 110 Å². The van der Waals surface area contributed by atoms with E-state index in [2.05, 4.69) is 0 Å².